The lowest BCUT2D eigenvalue weighted by Crippen LogP contribution is -2.81. The summed E-state index contributed by atoms with van der Waals surface area (Å²) in [6, 6.07) is 5.87. The smallest absolute Gasteiger partial charge is 0.258 e. The molecule has 3 aliphatic rings. The van der Waals surface area contributed by atoms with Crippen LogP contribution >= 0.6 is 0 Å². The van der Waals surface area contributed by atoms with Crippen molar-refractivity contribution < 1.29 is 9.53 Å². The highest BCUT2D eigenvalue weighted by atomic mass is 16.5. The molecule has 1 amide bonds. The standard InChI is InChI=1S/C19H22N4O2/c1-13-3-4-15(7-14(13)2)25-9-17(24)23-19-10-18(11-19,12-19)22-16-8-20-5-6-21-16/h3-8H,9-12H2,1-2H3,(H,21,22)(H,23,24). The molecule has 3 fully saturated rings. The zero-order valence-corrected chi connectivity index (χ0v) is 14.5. The number of benzene rings is 1. The predicted molar refractivity (Wildman–Crippen MR) is 94.5 cm³/mol. The van der Waals surface area contributed by atoms with Gasteiger partial charge in [0.25, 0.3) is 5.91 Å². The Bertz CT molecular complexity index is 787. The van der Waals surface area contributed by atoms with Crippen molar-refractivity contribution in [1.29, 1.82) is 0 Å². The molecule has 2 N–H and O–H groups in total. The molecular weight excluding hydrogens is 316 g/mol. The van der Waals surface area contributed by atoms with Crippen LogP contribution in [0.25, 0.3) is 0 Å². The maximum atomic E-state index is 12.2. The zero-order valence-electron chi connectivity index (χ0n) is 14.5. The van der Waals surface area contributed by atoms with Crippen LogP contribution in [0.4, 0.5) is 5.82 Å². The van der Waals surface area contributed by atoms with Crippen LogP contribution in [0.2, 0.25) is 0 Å². The van der Waals surface area contributed by atoms with Crippen LogP contribution in [-0.4, -0.2) is 33.6 Å². The molecular formula is C19H22N4O2. The molecule has 3 saturated carbocycles. The van der Waals surface area contributed by atoms with Crippen LogP contribution in [0.3, 0.4) is 0 Å². The van der Waals surface area contributed by atoms with E-state index in [9.17, 15) is 4.79 Å². The average Bonchev–Trinajstić information content (AvgIpc) is 2.54. The van der Waals surface area contributed by atoms with Crippen molar-refractivity contribution >= 4 is 11.7 Å². The molecule has 0 aliphatic heterocycles. The molecule has 25 heavy (non-hydrogen) atoms. The highest BCUT2D eigenvalue weighted by Gasteiger charge is 2.68. The summed E-state index contributed by atoms with van der Waals surface area (Å²) in [5, 5.41) is 6.56. The number of hydrogen-bond donors (Lipinski definition) is 2. The van der Waals surface area contributed by atoms with Gasteiger partial charge >= 0.3 is 0 Å². The SMILES string of the molecule is Cc1ccc(OCC(=O)NC23CC(Nc4cnccn4)(C2)C3)cc1C. The van der Waals surface area contributed by atoms with E-state index in [1.165, 1.54) is 5.56 Å². The number of ether oxygens (including phenoxy) is 1. The first-order valence-corrected chi connectivity index (χ1v) is 8.53. The maximum absolute atomic E-state index is 12.2. The third-order valence-electron chi connectivity index (χ3n) is 5.24. The highest BCUT2D eigenvalue weighted by Crippen LogP contribution is 2.61. The number of rotatable bonds is 6. The summed E-state index contributed by atoms with van der Waals surface area (Å²) in [7, 11) is 0. The summed E-state index contributed by atoms with van der Waals surface area (Å²) in [6.45, 7) is 4.14. The van der Waals surface area contributed by atoms with Gasteiger partial charge in [0, 0.05) is 23.5 Å². The number of nitrogens with zero attached hydrogens (tertiary/aromatic N) is 2. The number of carbonyl (C=O) groups is 1. The lowest BCUT2D eigenvalue weighted by atomic mass is 9.44. The molecule has 0 saturated heterocycles. The Labute approximate surface area is 147 Å². The van der Waals surface area contributed by atoms with E-state index < -0.39 is 0 Å². The van der Waals surface area contributed by atoms with Crippen LogP contribution in [0.5, 0.6) is 5.75 Å². The van der Waals surface area contributed by atoms with E-state index in [1.54, 1.807) is 18.6 Å². The van der Waals surface area contributed by atoms with Crippen LogP contribution in [0.1, 0.15) is 30.4 Å². The van der Waals surface area contributed by atoms with Gasteiger partial charge in [-0.25, -0.2) is 4.98 Å². The van der Waals surface area contributed by atoms with Crippen LogP contribution in [0.15, 0.2) is 36.8 Å². The molecule has 130 valence electrons. The first kappa shape index (κ1) is 15.9. The van der Waals surface area contributed by atoms with Gasteiger partial charge < -0.3 is 15.4 Å². The summed E-state index contributed by atoms with van der Waals surface area (Å²) < 4.78 is 5.61. The number of anilines is 1. The van der Waals surface area contributed by atoms with Crippen LogP contribution < -0.4 is 15.4 Å². The second-order valence-electron chi connectivity index (χ2n) is 7.39. The number of amides is 1. The Morgan fingerprint density at radius 2 is 1.96 bits per heavy atom. The van der Waals surface area contributed by atoms with Crippen LogP contribution in [0, 0.1) is 13.8 Å². The predicted octanol–water partition coefficient (Wildman–Crippen LogP) is 2.38. The monoisotopic (exact) mass is 338 g/mol. The van der Waals surface area contributed by atoms with Gasteiger partial charge in [0.1, 0.15) is 11.6 Å². The molecule has 0 unspecified atom stereocenters. The Kier molecular flexibility index (Phi) is 3.63. The third-order valence-corrected chi connectivity index (χ3v) is 5.24. The van der Waals surface area contributed by atoms with E-state index >= 15 is 0 Å². The summed E-state index contributed by atoms with van der Waals surface area (Å²) in [5.74, 6) is 1.46. The topological polar surface area (TPSA) is 76.1 Å². The molecule has 5 rings (SSSR count). The number of aromatic nitrogens is 2. The fourth-order valence-electron chi connectivity index (χ4n) is 3.97. The lowest BCUT2D eigenvalue weighted by molar-refractivity contribution is -0.135. The van der Waals surface area contributed by atoms with Crippen molar-refractivity contribution in [3.05, 3.63) is 47.9 Å². The molecule has 0 atom stereocenters. The number of hydrogen-bond acceptors (Lipinski definition) is 5. The quantitative estimate of drug-likeness (QED) is 0.846. The third kappa shape index (κ3) is 3.04. The fraction of sp³-hybridized carbons (Fsp3) is 0.421. The molecule has 2 bridgehead atoms. The average molecular weight is 338 g/mol. The minimum atomic E-state index is -0.0706. The van der Waals surface area contributed by atoms with Crippen molar-refractivity contribution in [2.75, 3.05) is 11.9 Å². The molecule has 6 nitrogen and oxygen atoms in total. The summed E-state index contributed by atoms with van der Waals surface area (Å²) in [4.78, 5) is 20.5. The Hall–Kier alpha value is -2.63. The normalized spacial score (nSPS) is 26.2. The van der Waals surface area contributed by atoms with E-state index in [-0.39, 0.29) is 23.6 Å². The maximum Gasteiger partial charge on any atom is 0.258 e. The van der Waals surface area contributed by atoms with Gasteiger partial charge in [0.2, 0.25) is 0 Å². The second kappa shape index (κ2) is 5.72. The fourth-order valence-corrected chi connectivity index (χ4v) is 3.97. The summed E-state index contributed by atoms with van der Waals surface area (Å²) >= 11 is 0. The molecule has 0 radical (unpaired) electrons. The van der Waals surface area contributed by atoms with Crippen LogP contribution in [-0.2, 0) is 4.79 Å². The Morgan fingerprint density at radius 1 is 1.16 bits per heavy atom. The van der Waals surface area contributed by atoms with Gasteiger partial charge in [-0.1, -0.05) is 6.07 Å². The van der Waals surface area contributed by atoms with Crippen molar-refractivity contribution in [1.82, 2.24) is 15.3 Å². The van der Waals surface area contributed by atoms with Gasteiger partial charge in [-0.05, 0) is 56.4 Å². The first-order valence-electron chi connectivity index (χ1n) is 8.53. The molecule has 2 aromatic rings. The van der Waals surface area contributed by atoms with Crippen molar-refractivity contribution in [3.8, 4) is 5.75 Å². The zero-order chi connectivity index (χ0) is 17.5. The van der Waals surface area contributed by atoms with E-state index in [0.717, 1.165) is 36.4 Å². The molecule has 1 heterocycles. The van der Waals surface area contributed by atoms with Gasteiger partial charge in [-0.2, -0.15) is 0 Å². The van der Waals surface area contributed by atoms with Crippen molar-refractivity contribution in [2.24, 2.45) is 0 Å². The Balaban J connectivity index is 1.24. The lowest BCUT2D eigenvalue weighted by Gasteiger charge is -2.70. The van der Waals surface area contributed by atoms with E-state index in [2.05, 4.69) is 27.5 Å². The molecule has 3 aliphatic carbocycles. The van der Waals surface area contributed by atoms with Gasteiger partial charge in [-0.3, -0.25) is 9.78 Å². The van der Waals surface area contributed by atoms with Gasteiger partial charge in [0.15, 0.2) is 6.61 Å². The Morgan fingerprint density at radius 3 is 2.64 bits per heavy atom. The molecule has 1 aromatic heterocycles. The number of nitrogens with one attached hydrogen (secondary N) is 2. The van der Waals surface area contributed by atoms with Crippen molar-refractivity contribution in [2.45, 2.75) is 44.2 Å². The number of aryl methyl sites for hydroxylation is 2. The van der Waals surface area contributed by atoms with E-state index in [4.69, 9.17) is 4.74 Å². The number of carbonyl (C=O) groups excluding carboxylic acids is 1. The molecule has 0 spiro atoms. The van der Waals surface area contributed by atoms with E-state index in [0.29, 0.717) is 0 Å². The second-order valence-corrected chi connectivity index (χ2v) is 7.39. The van der Waals surface area contributed by atoms with E-state index in [1.807, 2.05) is 25.1 Å². The molecule has 6 heteroatoms. The van der Waals surface area contributed by atoms with Gasteiger partial charge in [-0.15, -0.1) is 0 Å². The molecule has 1 aromatic carbocycles. The highest BCUT2D eigenvalue weighted by molar-refractivity contribution is 5.79. The summed E-state index contributed by atoms with van der Waals surface area (Å²) in [5.41, 5.74) is 2.37. The van der Waals surface area contributed by atoms with Crippen molar-refractivity contribution in [3.63, 3.8) is 0 Å². The van der Waals surface area contributed by atoms with Gasteiger partial charge in [0.05, 0.1) is 6.20 Å². The minimum absolute atomic E-state index is 0.0504. The largest absolute Gasteiger partial charge is 0.484 e. The first-order chi connectivity index (χ1) is 12.0. The summed E-state index contributed by atoms with van der Waals surface area (Å²) in [6.07, 6.45) is 7.83. The minimum Gasteiger partial charge on any atom is -0.484 e.